The summed E-state index contributed by atoms with van der Waals surface area (Å²) in [5, 5.41) is 3.68. The molecule has 0 radical (unpaired) electrons. The van der Waals surface area contributed by atoms with E-state index >= 15 is 0 Å². The minimum absolute atomic E-state index is 0.0747. The van der Waals surface area contributed by atoms with Crippen LogP contribution >= 0.6 is 0 Å². The Balaban J connectivity index is 1.55. The molecule has 1 amide bonds. The average Bonchev–Trinajstić information content (AvgIpc) is 2.54. The number of carbonyl (C=O) groups excluding carboxylic acids is 1. The van der Waals surface area contributed by atoms with Crippen molar-refractivity contribution in [2.24, 2.45) is 11.8 Å². The Morgan fingerprint density at radius 1 is 1.14 bits per heavy atom. The minimum atomic E-state index is 0.0747. The molecule has 4 nitrogen and oxygen atoms in total. The lowest BCUT2D eigenvalue weighted by Crippen LogP contribution is -2.57. The summed E-state index contributed by atoms with van der Waals surface area (Å²) in [5.41, 5.74) is 0. The molecule has 1 aliphatic carbocycles. The molecule has 3 rings (SSSR count). The van der Waals surface area contributed by atoms with Crippen molar-refractivity contribution in [3.05, 3.63) is 0 Å². The van der Waals surface area contributed by atoms with E-state index in [1.807, 2.05) is 0 Å². The fourth-order valence-electron chi connectivity index (χ4n) is 4.55. The molecule has 3 aliphatic rings. The molecule has 1 saturated carbocycles. The van der Waals surface area contributed by atoms with E-state index in [9.17, 15) is 4.79 Å². The molecule has 0 bridgehead atoms. The van der Waals surface area contributed by atoms with Gasteiger partial charge in [0.05, 0.1) is 12.6 Å². The van der Waals surface area contributed by atoms with Gasteiger partial charge in [0.15, 0.2) is 0 Å². The van der Waals surface area contributed by atoms with E-state index in [2.05, 4.69) is 10.2 Å². The van der Waals surface area contributed by atoms with Crippen LogP contribution < -0.4 is 5.32 Å². The quantitative estimate of drug-likeness (QED) is 0.867. The van der Waals surface area contributed by atoms with E-state index in [-0.39, 0.29) is 6.04 Å². The van der Waals surface area contributed by atoms with Gasteiger partial charge in [-0.05, 0) is 50.4 Å². The topological polar surface area (TPSA) is 41.6 Å². The summed E-state index contributed by atoms with van der Waals surface area (Å²) >= 11 is 0. The van der Waals surface area contributed by atoms with E-state index in [0.29, 0.717) is 17.9 Å². The Labute approximate surface area is 128 Å². The van der Waals surface area contributed by atoms with Crippen molar-refractivity contribution in [2.45, 2.75) is 63.5 Å². The minimum Gasteiger partial charge on any atom is -0.384 e. The van der Waals surface area contributed by atoms with E-state index in [0.717, 1.165) is 38.5 Å². The molecule has 21 heavy (non-hydrogen) atoms. The number of carbonyl (C=O) groups is 1. The number of rotatable bonds is 3. The average molecular weight is 294 g/mol. The fourth-order valence-corrected chi connectivity index (χ4v) is 4.55. The Hall–Kier alpha value is -0.610. The van der Waals surface area contributed by atoms with Gasteiger partial charge >= 0.3 is 0 Å². The number of methoxy groups -OCH3 is 1. The highest BCUT2D eigenvalue weighted by molar-refractivity contribution is 5.82. The Kier molecular flexibility index (Phi) is 5.17. The van der Waals surface area contributed by atoms with Gasteiger partial charge < -0.3 is 15.0 Å². The standard InChI is InChI=1S/C17H30N2O2/c1-21-12-13-5-4-10-19(11-13)17(20)16-9-8-14-6-2-3-7-15(14)18-16/h13-16,18H,2-12H2,1H3. The van der Waals surface area contributed by atoms with Gasteiger partial charge in [-0.25, -0.2) is 0 Å². The number of piperidine rings is 2. The molecule has 0 spiro atoms. The van der Waals surface area contributed by atoms with Gasteiger partial charge in [0, 0.05) is 26.2 Å². The normalized spacial score (nSPS) is 37.1. The second-order valence-corrected chi connectivity index (χ2v) is 7.20. The maximum Gasteiger partial charge on any atom is 0.239 e. The molecule has 1 N–H and O–H groups in total. The van der Waals surface area contributed by atoms with Gasteiger partial charge in [0.25, 0.3) is 0 Å². The predicted molar refractivity (Wildman–Crippen MR) is 83.1 cm³/mol. The Morgan fingerprint density at radius 3 is 2.86 bits per heavy atom. The van der Waals surface area contributed by atoms with Gasteiger partial charge in [-0.1, -0.05) is 12.8 Å². The van der Waals surface area contributed by atoms with Crippen LogP contribution in [0.5, 0.6) is 0 Å². The molecule has 2 aliphatic heterocycles. The third kappa shape index (κ3) is 3.59. The van der Waals surface area contributed by atoms with Crippen molar-refractivity contribution in [3.63, 3.8) is 0 Å². The van der Waals surface area contributed by atoms with Crippen LogP contribution in [0, 0.1) is 11.8 Å². The monoisotopic (exact) mass is 294 g/mol. The molecule has 4 unspecified atom stereocenters. The summed E-state index contributed by atoms with van der Waals surface area (Å²) in [4.78, 5) is 14.9. The van der Waals surface area contributed by atoms with E-state index in [1.165, 1.54) is 38.5 Å². The summed E-state index contributed by atoms with van der Waals surface area (Å²) in [6.07, 6.45) is 9.92. The summed E-state index contributed by atoms with van der Waals surface area (Å²) in [7, 11) is 1.76. The van der Waals surface area contributed by atoms with Crippen LogP contribution in [-0.4, -0.2) is 49.7 Å². The largest absolute Gasteiger partial charge is 0.384 e. The maximum absolute atomic E-state index is 12.8. The molecule has 4 heteroatoms. The van der Waals surface area contributed by atoms with Crippen LogP contribution in [-0.2, 0) is 9.53 Å². The molecule has 4 atom stereocenters. The van der Waals surface area contributed by atoms with Crippen molar-refractivity contribution in [3.8, 4) is 0 Å². The first-order valence-corrected chi connectivity index (χ1v) is 8.81. The first kappa shape index (κ1) is 15.3. The Morgan fingerprint density at radius 2 is 2.00 bits per heavy atom. The van der Waals surface area contributed by atoms with Crippen LogP contribution in [0.4, 0.5) is 0 Å². The second kappa shape index (κ2) is 7.10. The van der Waals surface area contributed by atoms with Crippen molar-refractivity contribution >= 4 is 5.91 Å². The number of fused-ring (bicyclic) bond motifs is 1. The lowest BCUT2D eigenvalue weighted by atomic mass is 9.77. The van der Waals surface area contributed by atoms with Gasteiger partial charge in [-0.2, -0.15) is 0 Å². The SMILES string of the molecule is COCC1CCCN(C(=O)C2CCC3CCCCC3N2)C1. The number of nitrogens with zero attached hydrogens (tertiary/aromatic N) is 1. The number of likely N-dealkylation sites (tertiary alicyclic amines) is 1. The zero-order valence-corrected chi connectivity index (χ0v) is 13.4. The first-order valence-electron chi connectivity index (χ1n) is 8.81. The summed E-state index contributed by atoms with van der Waals surface area (Å²) in [6, 6.07) is 0.673. The number of hydrogen-bond acceptors (Lipinski definition) is 3. The van der Waals surface area contributed by atoms with Crippen molar-refractivity contribution in [1.82, 2.24) is 10.2 Å². The van der Waals surface area contributed by atoms with Crippen LogP contribution in [0.15, 0.2) is 0 Å². The van der Waals surface area contributed by atoms with Gasteiger partial charge in [0.2, 0.25) is 5.91 Å². The number of amides is 1. The molecule has 3 fully saturated rings. The van der Waals surface area contributed by atoms with E-state index in [1.54, 1.807) is 7.11 Å². The van der Waals surface area contributed by atoms with Crippen molar-refractivity contribution in [1.29, 1.82) is 0 Å². The van der Waals surface area contributed by atoms with Crippen LogP contribution in [0.1, 0.15) is 51.4 Å². The second-order valence-electron chi connectivity index (χ2n) is 7.20. The molecule has 120 valence electrons. The summed E-state index contributed by atoms with van der Waals surface area (Å²) < 4.78 is 5.27. The van der Waals surface area contributed by atoms with Gasteiger partial charge in [0.1, 0.15) is 0 Å². The third-order valence-electron chi connectivity index (χ3n) is 5.68. The van der Waals surface area contributed by atoms with Gasteiger partial charge in [-0.15, -0.1) is 0 Å². The highest BCUT2D eigenvalue weighted by atomic mass is 16.5. The lowest BCUT2D eigenvalue weighted by molar-refractivity contribution is -0.137. The fraction of sp³-hybridized carbons (Fsp3) is 0.941. The molecule has 0 aromatic rings. The smallest absolute Gasteiger partial charge is 0.239 e. The van der Waals surface area contributed by atoms with Crippen LogP contribution in [0.3, 0.4) is 0 Å². The van der Waals surface area contributed by atoms with Crippen LogP contribution in [0.2, 0.25) is 0 Å². The molecular formula is C17H30N2O2. The van der Waals surface area contributed by atoms with Crippen molar-refractivity contribution < 1.29 is 9.53 Å². The van der Waals surface area contributed by atoms with Crippen molar-refractivity contribution in [2.75, 3.05) is 26.8 Å². The molecule has 2 heterocycles. The number of ether oxygens (including phenoxy) is 1. The summed E-state index contributed by atoms with van der Waals surface area (Å²) in [5.74, 6) is 1.70. The van der Waals surface area contributed by atoms with Crippen LogP contribution in [0.25, 0.3) is 0 Å². The predicted octanol–water partition coefficient (Wildman–Crippen LogP) is 2.18. The molecular weight excluding hydrogens is 264 g/mol. The Bertz CT molecular complexity index is 359. The molecule has 0 aromatic heterocycles. The third-order valence-corrected chi connectivity index (χ3v) is 5.68. The van der Waals surface area contributed by atoms with E-state index in [4.69, 9.17) is 4.74 Å². The molecule has 2 saturated heterocycles. The zero-order chi connectivity index (χ0) is 14.7. The zero-order valence-electron chi connectivity index (χ0n) is 13.4. The van der Waals surface area contributed by atoms with Gasteiger partial charge in [-0.3, -0.25) is 4.79 Å². The summed E-state index contributed by atoms with van der Waals surface area (Å²) in [6.45, 7) is 2.61. The number of hydrogen-bond donors (Lipinski definition) is 1. The number of nitrogens with one attached hydrogen (secondary N) is 1. The molecule has 0 aromatic carbocycles. The lowest BCUT2D eigenvalue weighted by Gasteiger charge is -2.42. The van der Waals surface area contributed by atoms with E-state index < -0.39 is 0 Å². The highest BCUT2D eigenvalue weighted by Crippen LogP contribution is 2.32. The maximum atomic E-state index is 12.8. The first-order chi connectivity index (χ1) is 10.3. The highest BCUT2D eigenvalue weighted by Gasteiger charge is 2.36.